The SMILES string of the molecule is CC(C)(C)OC(=O)N1CC[C@@H]1CC(O)O. The summed E-state index contributed by atoms with van der Waals surface area (Å²) in [5, 5.41) is 17.6. The van der Waals surface area contributed by atoms with Crippen LogP contribution in [0.3, 0.4) is 0 Å². The highest BCUT2D eigenvalue weighted by atomic mass is 16.6. The first-order chi connectivity index (χ1) is 6.79. The smallest absolute Gasteiger partial charge is 0.410 e. The molecule has 0 aromatic carbocycles. The van der Waals surface area contributed by atoms with Crippen LogP contribution in [0.4, 0.5) is 4.79 Å². The van der Waals surface area contributed by atoms with Gasteiger partial charge in [0.2, 0.25) is 0 Å². The monoisotopic (exact) mass is 217 g/mol. The van der Waals surface area contributed by atoms with Crippen LogP contribution in [0.25, 0.3) is 0 Å². The Morgan fingerprint density at radius 3 is 2.47 bits per heavy atom. The van der Waals surface area contributed by atoms with Gasteiger partial charge in [0, 0.05) is 19.0 Å². The molecule has 1 fully saturated rings. The van der Waals surface area contributed by atoms with Crippen molar-refractivity contribution >= 4 is 6.09 Å². The molecule has 88 valence electrons. The van der Waals surface area contributed by atoms with E-state index in [-0.39, 0.29) is 18.6 Å². The van der Waals surface area contributed by atoms with Crippen LogP contribution in [0.5, 0.6) is 0 Å². The maximum Gasteiger partial charge on any atom is 0.410 e. The van der Waals surface area contributed by atoms with Crippen LogP contribution < -0.4 is 0 Å². The van der Waals surface area contributed by atoms with Crippen molar-refractivity contribution in [3.63, 3.8) is 0 Å². The van der Waals surface area contributed by atoms with Crippen LogP contribution in [-0.4, -0.2) is 45.7 Å². The highest BCUT2D eigenvalue weighted by molar-refractivity contribution is 5.69. The molecule has 0 bridgehead atoms. The van der Waals surface area contributed by atoms with Gasteiger partial charge < -0.3 is 19.8 Å². The highest BCUT2D eigenvalue weighted by Gasteiger charge is 2.35. The van der Waals surface area contributed by atoms with Crippen molar-refractivity contribution in [2.24, 2.45) is 0 Å². The maximum absolute atomic E-state index is 11.6. The summed E-state index contributed by atoms with van der Waals surface area (Å²) in [6.45, 7) is 6.05. The third-order valence-corrected chi connectivity index (χ3v) is 2.25. The molecule has 0 radical (unpaired) electrons. The van der Waals surface area contributed by atoms with Crippen LogP contribution in [0, 0.1) is 0 Å². The molecular formula is C10H19NO4. The van der Waals surface area contributed by atoms with Gasteiger partial charge in [-0.3, -0.25) is 0 Å². The van der Waals surface area contributed by atoms with E-state index in [0.29, 0.717) is 6.54 Å². The van der Waals surface area contributed by atoms with E-state index in [1.165, 1.54) is 4.90 Å². The number of hydrogen-bond donors (Lipinski definition) is 2. The van der Waals surface area contributed by atoms with Crippen molar-refractivity contribution in [1.29, 1.82) is 0 Å². The van der Waals surface area contributed by atoms with Gasteiger partial charge in [-0.2, -0.15) is 0 Å². The normalized spacial score (nSPS) is 21.5. The Hall–Kier alpha value is -0.810. The lowest BCUT2D eigenvalue weighted by molar-refractivity contribution is -0.0780. The van der Waals surface area contributed by atoms with E-state index in [1.54, 1.807) is 20.8 Å². The number of rotatable bonds is 2. The summed E-state index contributed by atoms with van der Waals surface area (Å²) in [7, 11) is 0. The second kappa shape index (κ2) is 4.37. The summed E-state index contributed by atoms with van der Waals surface area (Å²) in [5.41, 5.74) is -0.505. The number of hydrogen-bond acceptors (Lipinski definition) is 4. The fourth-order valence-electron chi connectivity index (χ4n) is 1.49. The highest BCUT2D eigenvalue weighted by Crippen LogP contribution is 2.24. The van der Waals surface area contributed by atoms with Crippen molar-refractivity contribution in [3.8, 4) is 0 Å². The van der Waals surface area contributed by atoms with E-state index in [4.69, 9.17) is 14.9 Å². The van der Waals surface area contributed by atoms with E-state index >= 15 is 0 Å². The lowest BCUT2D eigenvalue weighted by Crippen LogP contribution is -2.53. The van der Waals surface area contributed by atoms with Crippen molar-refractivity contribution in [3.05, 3.63) is 0 Å². The van der Waals surface area contributed by atoms with Gasteiger partial charge in [-0.15, -0.1) is 0 Å². The minimum Gasteiger partial charge on any atom is -0.444 e. The summed E-state index contributed by atoms with van der Waals surface area (Å²) in [4.78, 5) is 13.1. The van der Waals surface area contributed by atoms with Crippen LogP contribution >= 0.6 is 0 Å². The number of likely N-dealkylation sites (tertiary alicyclic amines) is 1. The Balaban J connectivity index is 2.41. The molecule has 5 heteroatoms. The largest absolute Gasteiger partial charge is 0.444 e. The summed E-state index contributed by atoms with van der Waals surface area (Å²) >= 11 is 0. The third kappa shape index (κ3) is 3.68. The summed E-state index contributed by atoms with van der Waals surface area (Å²) in [6.07, 6.45) is -0.740. The van der Waals surface area contributed by atoms with Crippen LogP contribution in [0.15, 0.2) is 0 Å². The van der Waals surface area contributed by atoms with Crippen LogP contribution in [0.2, 0.25) is 0 Å². The Bertz CT molecular complexity index is 234. The van der Waals surface area contributed by atoms with E-state index in [1.807, 2.05) is 0 Å². The van der Waals surface area contributed by atoms with Gasteiger partial charge in [-0.1, -0.05) is 0 Å². The van der Waals surface area contributed by atoms with Gasteiger partial charge in [0.15, 0.2) is 6.29 Å². The van der Waals surface area contributed by atoms with Crippen LogP contribution in [0.1, 0.15) is 33.6 Å². The number of carbonyl (C=O) groups excluding carboxylic acids is 1. The number of nitrogens with zero attached hydrogens (tertiary/aromatic N) is 1. The molecule has 15 heavy (non-hydrogen) atoms. The number of aliphatic hydroxyl groups is 2. The molecule has 1 aliphatic heterocycles. The molecule has 1 rings (SSSR count). The molecule has 0 unspecified atom stereocenters. The molecule has 1 aliphatic rings. The molecule has 5 nitrogen and oxygen atoms in total. The maximum atomic E-state index is 11.6. The molecule has 1 atom stereocenters. The molecule has 0 saturated carbocycles. The van der Waals surface area contributed by atoms with Crippen LogP contribution in [-0.2, 0) is 4.74 Å². The average molecular weight is 217 g/mol. The fraction of sp³-hybridized carbons (Fsp3) is 0.900. The molecular weight excluding hydrogens is 198 g/mol. The number of amides is 1. The van der Waals surface area contributed by atoms with Crippen molar-refractivity contribution < 1.29 is 19.7 Å². The zero-order chi connectivity index (χ0) is 11.6. The Labute approximate surface area is 89.6 Å². The predicted octanol–water partition coefficient (Wildman–Crippen LogP) is 0.697. The zero-order valence-electron chi connectivity index (χ0n) is 9.43. The Kier molecular flexibility index (Phi) is 3.57. The van der Waals surface area contributed by atoms with E-state index in [2.05, 4.69) is 0 Å². The van der Waals surface area contributed by atoms with Gasteiger partial charge >= 0.3 is 6.09 Å². The minimum absolute atomic E-state index is 0.0974. The van der Waals surface area contributed by atoms with Gasteiger partial charge in [0.1, 0.15) is 5.60 Å². The summed E-state index contributed by atoms with van der Waals surface area (Å²) in [5.74, 6) is 0. The summed E-state index contributed by atoms with van der Waals surface area (Å²) < 4.78 is 5.18. The van der Waals surface area contributed by atoms with Gasteiger partial charge in [0.25, 0.3) is 0 Å². The Morgan fingerprint density at radius 2 is 2.13 bits per heavy atom. The third-order valence-electron chi connectivity index (χ3n) is 2.25. The molecule has 1 heterocycles. The summed E-state index contributed by atoms with van der Waals surface area (Å²) in [6, 6.07) is -0.0974. The molecule has 2 N–H and O–H groups in total. The second-order valence-electron chi connectivity index (χ2n) is 4.83. The quantitative estimate of drug-likeness (QED) is 0.668. The molecule has 0 aromatic rings. The first-order valence-corrected chi connectivity index (χ1v) is 5.15. The number of ether oxygens (including phenoxy) is 1. The topological polar surface area (TPSA) is 70.0 Å². The fourth-order valence-corrected chi connectivity index (χ4v) is 1.49. The first kappa shape index (κ1) is 12.3. The lowest BCUT2D eigenvalue weighted by Gasteiger charge is -2.41. The van der Waals surface area contributed by atoms with Crippen molar-refractivity contribution in [1.82, 2.24) is 4.90 Å². The lowest BCUT2D eigenvalue weighted by atomic mass is 10.0. The predicted molar refractivity (Wildman–Crippen MR) is 54.2 cm³/mol. The van der Waals surface area contributed by atoms with Gasteiger partial charge in [0.05, 0.1) is 0 Å². The zero-order valence-corrected chi connectivity index (χ0v) is 9.43. The molecule has 0 aromatic heterocycles. The molecule has 1 amide bonds. The minimum atomic E-state index is -1.36. The van der Waals surface area contributed by atoms with E-state index < -0.39 is 11.9 Å². The Morgan fingerprint density at radius 1 is 1.53 bits per heavy atom. The standard InChI is InChI=1S/C10H19NO4/c1-10(2,3)15-9(14)11-5-4-7(11)6-8(12)13/h7-8,12-13H,4-6H2,1-3H3/t7-/m1/s1. The molecule has 0 spiro atoms. The van der Waals surface area contributed by atoms with E-state index in [0.717, 1.165) is 6.42 Å². The molecule has 0 aliphatic carbocycles. The van der Waals surface area contributed by atoms with Crippen molar-refractivity contribution in [2.45, 2.75) is 51.5 Å². The average Bonchev–Trinajstić information content (AvgIpc) is 1.93. The second-order valence-corrected chi connectivity index (χ2v) is 4.83. The number of carbonyl (C=O) groups is 1. The van der Waals surface area contributed by atoms with E-state index in [9.17, 15) is 4.79 Å². The number of aliphatic hydroxyl groups excluding tert-OH is 1. The molecule has 1 saturated heterocycles. The van der Waals surface area contributed by atoms with Gasteiger partial charge in [-0.05, 0) is 27.2 Å². The first-order valence-electron chi connectivity index (χ1n) is 5.15. The van der Waals surface area contributed by atoms with Crippen molar-refractivity contribution in [2.75, 3.05) is 6.54 Å². The van der Waals surface area contributed by atoms with Gasteiger partial charge in [-0.25, -0.2) is 4.79 Å².